The zero-order chi connectivity index (χ0) is 12.2. The van der Waals surface area contributed by atoms with E-state index >= 15 is 0 Å². The van der Waals surface area contributed by atoms with Crippen molar-refractivity contribution in [3.05, 3.63) is 60.2 Å². The lowest BCUT2D eigenvalue weighted by atomic mass is 9.72. The fraction of sp³-hybridized carbons (Fsp3) is 0.375. The number of nitrogens with zero attached hydrogens (tertiary/aromatic N) is 2. The molecule has 2 aromatic heterocycles. The van der Waals surface area contributed by atoms with Crippen LogP contribution in [0.3, 0.4) is 0 Å². The van der Waals surface area contributed by atoms with Gasteiger partial charge in [0.1, 0.15) is 0 Å². The van der Waals surface area contributed by atoms with Crippen LogP contribution in [0.5, 0.6) is 0 Å². The Morgan fingerprint density at radius 2 is 2.06 bits per heavy atom. The highest BCUT2D eigenvalue weighted by molar-refractivity contribution is 5.18. The van der Waals surface area contributed by atoms with Gasteiger partial charge in [0, 0.05) is 30.2 Å². The molecular formula is C16H18N2. The standard InChI is InChI=1S/C16H18N2/c1-2-10-18-16(8-1)15(14-6-3-7-14)11-13-5-4-9-17-12-13/h1-2,4-5,8-10,12,14-15H,3,6-7,11H2. The molecule has 0 spiro atoms. The van der Waals surface area contributed by atoms with Crippen LogP contribution in [0, 0.1) is 5.92 Å². The summed E-state index contributed by atoms with van der Waals surface area (Å²) in [5.74, 6) is 1.37. The molecule has 3 rings (SSSR count). The van der Waals surface area contributed by atoms with Crippen LogP contribution in [-0.2, 0) is 6.42 Å². The topological polar surface area (TPSA) is 25.8 Å². The lowest BCUT2D eigenvalue weighted by Gasteiger charge is -2.33. The van der Waals surface area contributed by atoms with Crippen molar-refractivity contribution in [1.82, 2.24) is 9.97 Å². The highest BCUT2D eigenvalue weighted by Crippen LogP contribution is 2.40. The van der Waals surface area contributed by atoms with Gasteiger partial charge in [-0.1, -0.05) is 18.6 Å². The molecule has 1 saturated carbocycles. The van der Waals surface area contributed by atoms with Gasteiger partial charge >= 0.3 is 0 Å². The van der Waals surface area contributed by atoms with E-state index in [4.69, 9.17) is 0 Å². The van der Waals surface area contributed by atoms with Crippen molar-refractivity contribution in [2.45, 2.75) is 31.6 Å². The van der Waals surface area contributed by atoms with Gasteiger partial charge in [-0.15, -0.1) is 0 Å². The second-order valence-corrected chi connectivity index (χ2v) is 5.12. The number of rotatable bonds is 4. The first-order valence-electron chi connectivity index (χ1n) is 6.73. The van der Waals surface area contributed by atoms with Gasteiger partial charge in [-0.2, -0.15) is 0 Å². The summed E-state index contributed by atoms with van der Waals surface area (Å²) in [7, 11) is 0. The van der Waals surface area contributed by atoms with Crippen LogP contribution < -0.4 is 0 Å². The summed E-state index contributed by atoms with van der Waals surface area (Å²) in [6.07, 6.45) is 10.9. The van der Waals surface area contributed by atoms with Gasteiger partial charge < -0.3 is 0 Å². The molecule has 1 aliphatic rings. The largest absolute Gasteiger partial charge is 0.264 e. The quantitative estimate of drug-likeness (QED) is 0.813. The summed E-state index contributed by atoms with van der Waals surface area (Å²) < 4.78 is 0. The van der Waals surface area contributed by atoms with Gasteiger partial charge in [0.05, 0.1) is 0 Å². The van der Waals surface area contributed by atoms with Gasteiger partial charge in [-0.3, -0.25) is 9.97 Å². The molecule has 0 amide bonds. The Bertz CT molecular complexity index is 477. The van der Waals surface area contributed by atoms with Gasteiger partial charge in [0.15, 0.2) is 0 Å². The van der Waals surface area contributed by atoms with E-state index in [1.54, 1.807) is 0 Å². The molecule has 18 heavy (non-hydrogen) atoms. The van der Waals surface area contributed by atoms with E-state index in [1.807, 2.05) is 30.7 Å². The van der Waals surface area contributed by atoms with Crippen molar-refractivity contribution in [3.63, 3.8) is 0 Å². The Balaban J connectivity index is 1.82. The predicted octanol–water partition coefficient (Wildman–Crippen LogP) is 3.60. The summed E-state index contributed by atoms with van der Waals surface area (Å²) in [5, 5.41) is 0. The van der Waals surface area contributed by atoms with Crippen molar-refractivity contribution in [2.24, 2.45) is 5.92 Å². The predicted molar refractivity (Wildman–Crippen MR) is 72.3 cm³/mol. The van der Waals surface area contributed by atoms with Gasteiger partial charge in [0.25, 0.3) is 0 Å². The molecule has 2 aromatic rings. The van der Waals surface area contributed by atoms with E-state index in [9.17, 15) is 0 Å². The molecule has 0 saturated heterocycles. The maximum Gasteiger partial charge on any atom is 0.0440 e. The zero-order valence-electron chi connectivity index (χ0n) is 10.5. The second kappa shape index (κ2) is 5.30. The molecule has 0 aromatic carbocycles. The van der Waals surface area contributed by atoms with Crippen LogP contribution in [0.4, 0.5) is 0 Å². The van der Waals surface area contributed by atoms with Crippen molar-refractivity contribution in [2.75, 3.05) is 0 Å². The van der Waals surface area contributed by atoms with E-state index in [1.165, 1.54) is 30.5 Å². The summed E-state index contributed by atoms with van der Waals surface area (Å²) in [6, 6.07) is 10.4. The second-order valence-electron chi connectivity index (χ2n) is 5.12. The molecule has 2 heterocycles. The maximum atomic E-state index is 4.56. The average Bonchev–Trinajstić information content (AvgIpc) is 2.38. The summed E-state index contributed by atoms with van der Waals surface area (Å²) >= 11 is 0. The smallest absolute Gasteiger partial charge is 0.0440 e. The molecular weight excluding hydrogens is 220 g/mol. The minimum absolute atomic E-state index is 0.559. The molecule has 0 aliphatic heterocycles. The van der Waals surface area contributed by atoms with Crippen molar-refractivity contribution in [3.8, 4) is 0 Å². The van der Waals surface area contributed by atoms with Crippen LogP contribution >= 0.6 is 0 Å². The molecule has 1 atom stereocenters. The first-order chi connectivity index (χ1) is 8.93. The monoisotopic (exact) mass is 238 g/mol. The number of aromatic nitrogens is 2. The van der Waals surface area contributed by atoms with Crippen LogP contribution in [0.1, 0.15) is 36.4 Å². The molecule has 1 fully saturated rings. The third-order valence-corrected chi connectivity index (χ3v) is 3.96. The van der Waals surface area contributed by atoms with E-state index in [0.29, 0.717) is 5.92 Å². The minimum atomic E-state index is 0.559. The Hall–Kier alpha value is -1.70. The maximum absolute atomic E-state index is 4.56. The van der Waals surface area contributed by atoms with Crippen molar-refractivity contribution in [1.29, 1.82) is 0 Å². The third-order valence-electron chi connectivity index (χ3n) is 3.96. The van der Waals surface area contributed by atoms with Crippen LogP contribution in [0.25, 0.3) is 0 Å². The molecule has 1 unspecified atom stereocenters. The average molecular weight is 238 g/mol. The van der Waals surface area contributed by atoms with Crippen LogP contribution in [0.15, 0.2) is 48.9 Å². The fourth-order valence-electron chi connectivity index (χ4n) is 2.72. The van der Waals surface area contributed by atoms with E-state index in [2.05, 4.69) is 28.2 Å². The first kappa shape index (κ1) is 11.4. The number of pyridine rings is 2. The molecule has 0 bridgehead atoms. The lowest BCUT2D eigenvalue weighted by molar-refractivity contribution is 0.256. The Labute approximate surface area is 108 Å². The van der Waals surface area contributed by atoms with E-state index in [-0.39, 0.29) is 0 Å². The van der Waals surface area contributed by atoms with Gasteiger partial charge in [0.2, 0.25) is 0 Å². The molecule has 1 aliphatic carbocycles. The summed E-state index contributed by atoms with van der Waals surface area (Å²) in [4.78, 5) is 8.77. The first-order valence-corrected chi connectivity index (χ1v) is 6.73. The normalized spacial score (nSPS) is 17.1. The van der Waals surface area contributed by atoms with Crippen molar-refractivity contribution < 1.29 is 0 Å². The molecule has 2 heteroatoms. The Kier molecular flexibility index (Phi) is 3.35. The minimum Gasteiger partial charge on any atom is -0.264 e. The molecule has 2 nitrogen and oxygen atoms in total. The van der Waals surface area contributed by atoms with Crippen LogP contribution in [-0.4, -0.2) is 9.97 Å². The Morgan fingerprint density at radius 1 is 1.11 bits per heavy atom. The molecule has 0 radical (unpaired) electrons. The summed E-state index contributed by atoms with van der Waals surface area (Å²) in [5.41, 5.74) is 2.56. The van der Waals surface area contributed by atoms with Gasteiger partial charge in [-0.25, -0.2) is 0 Å². The Morgan fingerprint density at radius 3 is 2.67 bits per heavy atom. The zero-order valence-corrected chi connectivity index (χ0v) is 10.5. The highest BCUT2D eigenvalue weighted by atomic mass is 14.7. The van der Waals surface area contributed by atoms with Crippen molar-refractivity contribution >= 4 is 0 Å². The molecule has 92 valence electrons. The van der Waals surface area contributed by atoms with Gasteiger partial charge in [-0.05, 0) is 48.9 Å². The van der Waals surface area contributed by atoms with Crippen LogP contribution in [0.2, 0.25) is 0 Å². The lowest BCUT2D eigenvalue weighted by Crippen LogP contribution is -2.23. The van der Waals surface area contributed by atoms with E-state index < -0.39 is 0 Å². The highest BCUT2D eigenvalue weighted by Gasteiger charge is 2.29. The molecule has 0 N–H and O–H groups in total. The number of hydrogen-bond donors (Lipinski definition) is 0. The van der Waals surface area contributed by atoms with E-state index in [0.717, 1.165) is 12.3 Å². The number of hydrogen-bond acceptors (Lipinski definition) is 2. The third kappa shape index (κ3) is 2.42. The summed E-state index contributed by atoms with van der Waals surface area (Å²) in [6.45, 7) is 0. The fourth-order valence-corrected chi connectivity index (χ4v) is 2.72. The SMILES string of the molecule is c1ccc(C(Cc2cccnc2)C2CCC2)nc1.